The maximum atomic E-state index is 12.1. The predicted octanol–water partition coefficient (Wildman–Crippen LogP) is 3.28. The number of hydrogen-bond acceptors (Lipinski definition) is 5. The highest BCUT2D eigenvalue weighted by Crippen LogP contribution is 2.37. The monoisotopic (exact) mass is 325 g/mol. The van der Waals surface area contributed by atoms with Gasteiger partial charge in [0.15, 0.2) is 11.5 Å². The van der Waals surface area contributed by atoms with Gasteiger partial charge in [0.25, 0.3) is 11.1 Å². The number of benzene rings is 1. The van der Waals surface area contributed by atoms with E-state index in [1.165, 1.54) is 31.4 Å². The number of aromatic hydroxyl groups is 1. The molecular formula is C14H12ClNO4S. The van der Waals surface area contributed by atoms with Gasteiger partial charge in [-0.15, -0.1) is 6.58 Å². The fourth-order valence-corrected chi connectivity index (χ4v) is 2.84. The van der Waals surface area contributed by atoms with Crippen molar-refractivity contribution in [1.29, 1.82) is 0 Å². The van der Waals surface area contributed by atoms with Gasteiger partial charge in [-0.1, -0.05) is 17.7 Å². The minimum atomic E-state index is -0.381. The third-order valence-electron chi connectivity index (χ3n) is 2.75. The molecule has 0 bridgehead atoms. The Labute approximate surface area is 130 Å². The van der Waals surface area contributed by atoms with Gasteiger partial charge in [-0.2, -0.15) is 0 Å². The number of methoxy groups -OCH3 is 1. The van der Waals surface area contributed by atoms with Crippen LogP contribution in [0.25, 0.3) is 6.08 Å². The molecule has 0 saturated carbocycles. The second kappa shape index (κ2) is 6.24. The first-order valence-corrected chi connectivity index (χ1v) is 7.10. The number of imide groups is 1. The first-order valence-electron chi connectivity index (χ1n) is 5.90. The highest BCUT2D eigenvalue weighted by molar-refractivity contribution is 8.18. The summed E-state index contributed by atoms with van der Waals surface area (Å²) in [5.74, 6) is -0.358. The quantitative estimate of drug-likeness (QED) is 0.679. The number of halogens is 1. The number of thioether (sulfide) groups is 1. The molecule has 0 atom stereocenters. The summed E-state index contributed by atoms with van der Waals surface area (Å²) in [5.41, 5.74) is 0.554. The van der Waals surface area contributed by atoms with Crippen molar-refractivity contribution >= 4 is 40.6 Å². The molecule has 5 nitrogen and oxygen atoms in total. The number of carbonyl (C=O) groups excluding carboxylic acids is 2. The van der Waals surface area contributed by atoms with Gasteiger partial charge in [0, 0.05) is 6.54 Å². The van der Waals surface area contributed by atoms with Crippen LogP contribution in [0.15, 0.2) is 29.7 Å². The fourth-order valence-electron chi connectivity index (χ4n) is 1.77. The van der Waals surface area contributed by atoms with E-state index in [0.717, 1.165) is 16.7 Å². The summed E-state index contributed by atoms with van der Waals surface area (Å²) in [6, 6.07) is 3.02. The number of amides is 2. The van der Waals surface area contributed by atoms with E-state index in [-0.39, 0.29) is 39.1 Å². The fraction of sp³-hybridized carbons (Fsp3) is 0.143. The Hall–Kier alpha value is -1.92. The highest BCUT2D eigenvalue weighted by atomic mass is 35.5. The molecule has 1 aliphatic rings. The minimum Gasteiger partial charge on any atom is -0.503 e. The van der Waals surface area contributed by atoms with Gasteiger partial charge in [-0.3, -0.25) is 14.5 Å². The Bertz CT molecular complexity index is 657. The molecule has 110 valence electrons. The lowest BCUT2D eigenvalue weighted by molar-refractivity contribution is -0.122. The molecule has 1 fully saturated rings. The molecule has 0 unspecified atom stereocenters. The smallest absolute Gasteiger partial charge is 0.293 e. The van der Waals surface area contributed by atoms with Gasteiger partial charge in [-0.05, 0) is 35.5 Å². The number of ether oxygens (including phenoxy) is 1. The zero-order chi connectivity index (χ0) is 15.6. The Morgan fingerprint density at radius 3 is 2.81 bits per heavy atom. The first kappa shape index (κ1) is 15.5. The zero-order valence-corrected chi connectivity index (χ0v) is 12.7. The summed E-state index contributed by atoms with van der Waals surface area (Å²) < 4.78 is 4.99. The second-order valence-corrected chi connectivity index (χ2v) is 5.53. The highest BCUT2D eigenvalue weighted by Gasteiger charge is 2.34. The van der Waals surface area contributed by atoms with Crippen molar-refractivity contribution in [3.05, 3.63) is 40.3 Å². The molecule has 0 spiro atoms. The number of phenolic OH excluding ortho intramolecular Hbond substituents is 1. The molecule has 1 N–H and O–H groups in total. The normalized spacial score (nSPS) is 16.7. The third-order valence-corrected chi connectivity index (χ3v) is 3.95. The van der Waals surface area contributed by atoms with E-state index in [1.807, 2.05) is 0 Å². The van der Waals surface area contributed by atoms with E-state index < -0.39 is 0 Å². The van der Waals surface area contributed by atoms with E-state index in [2.05, 4.69) is 6.58 Å². The average Bonchev–Trinajstić information content (AvgIpc) is 2.70. The van der Waals surface area contributed by atoms with E-state index in [0.29, 0.717) is 5.56 Å². The first-order chi connectivity index (χ1) is 9.97. The Balaban J connectivity index is 2.37. The lowest BCUT2D eigenvalue weighted by Gasteiger charge is -2.08. The molecule has 2 amide bonds. The molecule has 1 aromatic carbocycles. The SMILES string of the molecule is C=CCN1C(=O)S/C(=C/c2cc(Cl)c(O)c(OC)c2)C1=O. The number of hydrogen-bond donors (Lipinski definition) is 1. The van der Waals surface area contributed by atoms with E-state index in [4.69, 9.17) is 16.3 Å². The maximum Gasteiger partial charge on any atom is 0.293 e. The average molecular weight is 326 g/mol. The van der Waals surface area contributed by atoms with Crippen molar-refractivity contribution < 1.29 is 19.4 Å². The van der Waals surface area contributed by atoms with Crippen LogP contribution in [0.4, 0.5) is 4.79 Å². The van der Waals surface area contributed by atoms with Gasteiger partial charge in [0.1, 0.15) is 0 Å². The topological polar surface area (TPSA) is 66.8 Å². The summed E-state index contributed by atoms with van der Waals surface area (Å²) in [4.78, 5) is 25.2. The Morgan fingerprint density at radius 2 is 2.19 bits per heavy atom. The maximum absolute atomic E-state index is 12.1. The van der Waals surface area contributed by atoms with Gasteiger partial charge in [0.2, 0.25) is 0 Å². The van der Waals surface area contributed by atoms with Crippen molar-refractivity contribution in [2.45, 2.75) is 0 Å². The van der Waals surface area contributed by atoms with Crippen LogP contribution < -0.4 is 4.74 Å². The summed E-state index contributed by atoms with van der Waals surface area (Å²) >= 11 is 6.73. The predicted molar refractivity (Wildman–Crippen MR) is 82.5 cm³/mol. The van der Waals surface area contributed by atoms with Crippen LogP contribution in [0.5, 0.6) is 11.5 Å². The van der Waals surface area contributed by atoms with E-state index in [1.54, 1.807) is 0 Å². The summed E-state index contributed by atoms with van der Waals surface area (Å²) in [6.07, 6.45) is 3.02. The van der Waals surface area contributed by atoms with E-state index >= 15 is 0 Å². The number of rotatable bonds is 4. The molecule has 1 heterocycles. The number of nitrogens with zero attached hydrogens (tertiary/aromatic N) is 1. The van der Waals surface area contributed by atoms with Gasteiger partial charge in [-0.25, -0.2) is 0 Å². The largest absolute Gasteiger partial charge is 0.503 e. The standard InChI is InChI=1S/C14H12ClNO4S/c1-3-4-16-13(18)11(21-14(16)19)7-8-5-9(15)12(17)10(6-8)20-2/h3,5-7,17H,1,4H2,2H3/b11-7+. The van der Waals surface area contributed by atoms with E-state index in [9.17, 15) is 14.7 Å². The second-order valence-electron chi connectivity index (χ2n) is 4.13. The van der Waals surface area contributed by atoms with Crippen LogP contribution in [-0.4, -0.2) is 34.8 Å². The molecule has 1 saturated heterocycles. The molecule has 2 rings (SSSR count). The van der Waals surface area contributed by atoms with Crippen LogP contribution in [0, 0.1) is 0 Å². The minimum absolute atomic E-state index is 0.103. The molecule has 0 aromatic heterocycles. The summed E-state index contributed by atoms with van der Waals surface area (Å²) in [6.45, 7) is 3.68. The van der Waals surface area contributed by atoms with Gasteiger partial charge < -0.3 is 9.84 Å². The van der Waals surface area contributed by atoms with Crippen LogP contribution in [0.3, 0.4) is 0 Å². The van der Waals surface area contributed by atoms with Crippen LogP contribution in [0.2, 0.25) is 5.02 Å². The zero-order valence-electron chi connectivity index (χ0n) is 11.1. The lowest BCUT2D eigenvalue weighted by atomic mass is 10.2. The van der Waals surface area contributed by atoms with Gasteiger partial charge >= 0.3 is 0 Å². The van der Waals surface area contributed by atoms with Crippen LogP contribution >= 0.6 is 23.4 Å². The van der Waals surface area contributed by atoms with Crippen molar-refractivity contribution in [2.24, 2.45) is 0 Å². The molecule has 1 aromatic rings. The van der Waals surface area contributed by atoms with Crippen molar-refractivity contribution in [3.8, 4) is 11.5 Å². The van der Waals surface area contributed by atoms with Crippen molar-refractivity contribution in [2.75, 3.05) is 13.7 Å². The lowest BCUT2D eigenvalue weighted by Crippen LogP contribution is -2.27. The molecule has 7 heteroatoms. The van der Waals surface area contributed by atoms with Crippen LogP contribution in [0.1, 0.15) is 5.56 Å². The summed E-state index contributed by atoms with van der Waals surface area (Å²) in [7, 11) is 1.40. The van der Waals surface area contributed by atoms with Crippen molar-refractivity contribution in [3.63, 3.8) is 0 Å². The van der Waals surface area contributed by atoms with Gasteiger partial charge in [0.05, 0.1) is 17.0 Å². The molecular weight excluding hydrogens is 314 g/mol. The molecule has 21 heavy (non-hydrogen) atoms. The number of carbonyl (C=O) groups is 2. The van der Waals surface area contributed by atoms with Crippen LogP contribution in [-0.2, 0) is 4.79 Å². The molecule has 0 radical (unpaired) electrons. The third kappa shape index (κ3) is 3.06. The Morgan fingerprint density at radius 1 is 1.48 bits per heavy atom. The molecule has 0 aliphatic carbocycles. The Kier molecular flexibility index (Phi) is 4.59. The molecule has 1 aliphatic heterocycles. The number of phenols is 1. The van der Waals surface area contributed by atoms with Crippen molar-refractivity contribution in [1.82, 2.24) is 4.90 Å². The summed E-state index contributed by atoms with van der Waals surface area (Å²) in [5, 5.41) is 9.42.